The molecule has 2 aromatic carbocycles. The molecular formula is C19H13F3N4O. The summed E-state index contributed by atoms with van der Waals surface area (Å²) in [4.78, 5) is 15.6. The maximum atomic E-state index is 13.4. The van der Waals surface area contributed by atoms with E-state index < -0.39 is 17.8 Å². The Kier molecular flexibility index (Phi) is 3.95. The van der Waals surface area contributed by atoms with Crippen LogP contribution in [0, 0.1) is 0 Å². The summed E-state index contributed by atoms with van der Waals surface area (Å²) < 4.78 is 40.1. The number of nitrogens with zero attached hydrogens (tertiary/aromatic N) is 1. The van der Waals surface area contributed by atoms with Crippen molar-refractivity contribution in [3.63, 3.8) is 0 Å². The van der Waals surface area contributed by atoms with Gasteiger partial charge < -0.3 is 10.3 Å². The van der Waals surface area contributed by atoms with Gasteiger partial charge in [-0.15, -0.1) is 0 Å². The predicted octanol–water partition coefficient (Wildman–Crippen LogP) is 4.83. The lowest BCUT2D eigenvalue weighted by molar-refractivity contribution is -0.140. The number of amides is 1. The molecule has 0 atom stereocenters. The smallest absolute Gasteiger partial charge is 0.361 e. The van der Waals surface area contributed by atoms with Gasteiger partial charge in [-0.1, -0.05) is 36.4 Å². The Bertz CT molecular complexity index is 1110. The van der Waals surface area contributed by atoms with E-state index in [4.69, 9.17) is 0 Å². The largest absolute Gasteiger partial charge is 0.433 e. The van der Waals surface area contributed by atoms with Crippen LogP contribution in [0.1, 0.15) is 16.1 Å². The second kappa shape index (κ2) is 6.31. The number of fused-ring (bicyclic) bond motifs is 1. The van der Waals surface area contributed by atoms with Gasteiger partial charge in [-0.2, -0.15) is 18.3 Å². The molecule has 0 radical (unpaired) electrons. The second-order valence-electron chi connectivity index (χ2n) is 5.92. The summed E-state index contributed by atoms with van der Waals surface area (Å²) in [6.45, 7) is 0. The predicted molar refractivity (Wildman–Crippen MR) is 95.3 cm³/mol. The fourth-order valence-electron chi connectivity index (χ4n) is 2.89. The Morgan fingerprint density at radius 2 is 1.81 bits per heavy atom. The number of halogens is 3. The SMILES string of the molecule is O=C(Nc1n[nH]c(C(F)(F)F)c1-c1ccccc1)c1ccc2cc[nH]c2c1. The number of anilines is 1. The highest BCUT2D eigenvalue weighted by Gasteiger charge is 2.38. The number of aromatic nitrogens is 3. The van der Waals surface area contributed by atoms with Crippen molar-refractivity contribution < 1.29 is 18.0 Å². The summed E-state index contributed by atoms with van der Waals surface area (Å²) in [6.07, 6.45) is -2.90. The molecule has 5 nitrogen and oxygen atoms in total. The molecule has 0 unspecified atom stereocenters. The van der Waals surface area contributed by atoms with Crippen LogP contribution in [0.15, 0.2) is 60.8 Å². The van der Waals surface area contributed by atoms with Crippen molar-refractivity contribution in [2.75, 3.05) is 5.32 Å². The Morgan fingerprint density at radius 3 is 2.56 bits per heavy atom. The molecular weight excluding hydrogens is 357 g/mol. The highest BCUT2D eigenvalue weighted by Crippen LogP contribution is 2.39. The van der Waals surface area contributed by atoms with Crippen molar-refractivity contribution in [2.45, 2.75) is 6.18 Å². The fourth-order valence-corrected chi connectivity index (χ4v) is 2.89. The van der Waals surface area contributed by atoms with Gasteiger partial charge in [0.25, 0.3) is 5.91 Å². The van der Waals surface area contributed by atoms with Crippen LogP contribution in [0.25, 0.3) is 22.0 Å². The highest BCUT2D eigenvalue weighted by atomic mass is 19.4. The molecule has 4 rings (SSSR count). The van der Waals surface area contributed by atoms with E-state index in [0.717, 1.165) is 10.9 Å². The second-order valence-corrected chi connectivity index (χ2v) is 5.92. The van der Waals surface area contributed by atoms with Crippen LogP contribution in [-0.2, 0) is 6.18 Å². The average molecular weight is 370 g/mol. The van der Waals surface area contributed by atoms with Gasteiger partial charge in [-0.3, -0.25) is 9.89 Å². The van der Waals surface area contributed by atoms with E-state index in [-0.39, 0.29) is 11.4 Å². The summed E-state index contributed by atoms with van der Waals surface area (Å²) >= 11 is 0. The molecule has 8 heteroatoms. The minimum absolute atomic E-state index is 0.176. The van der Waals surface area contributed by atoms with E-state index in [1.54, 1.807) is 42.6 Å². The molecule has 0 aliphatic carbocycles. The number of carbonyl (C=O) groups excluding carboxylic acids is 1. The molecule has 27 heavy (non-hydrogen) atoms. The minimum Gasteiger partial charge on any atom is -0.361 e. The third-order valence-electron chi connectivity index (χ3n) is 4.16. The zero-order valence-electron chi connectivity index (χ0n) is 13.8. The van der Waals surface area contributed by atoms with Gasteiger partial charge in [-0.05, 0) is 29.1 Å². The van der Waals surface area contributed by atoms with Crippen molar-refractivity contribution >= 4 is 22.6 Å². The fraction of sp³-hybridized carbons (Fsp3) is 0.0526. The van der Waals surface area contributed by atoms with Crippen LogP contribution in [0.5, 0.6) is 0 Å². The molecule has 0 saturated carbocycles. The Labute approximate surface area is 151 Å². The van der Waals surface area contributed by atoms with Gasteiger partial charge in [0.15, 0.2) is 5.82 Å². The van der Waals surface area contributed by atoms with Gasteiger partial charge in [-0.25, -0.2) is 0 Å². The summed E-state index contributed by atoms with van der Waals surface area (Å²) in [6, 6.07) is 14.8. The normalized spacial score (nSPS) is 11.7. The van der Waals surface area contributed by atoms with Gasteiger partial charge >= 0.3 is 6.18 Å². The molecule has 0 aliphatic rings. The standard InChI is InChI=1S/C19H13F3N4O/c20-19(21,22)16-15(12-4-2-1-3-5-12)17(26-25-16)24-18(27)13-7-6-11-8-9-23-14(11)10-13/h1-10,23H,(H2,24,25,26,27). The van der Waals surface area contributed by atoms with Crippen LogP contribution < -0.4 is 5.32 Å². The zero-order valence-corrected chi connectivity index (χ0v) is 13.8. The highest BCUT2D eigenvalue weighted by molar-refractivity contribution is 6.07. The number of hydrogen-bond donors (Lipinski definition) is 3. The molecule has 0 bridgehead atoms. The molecule has 0 spiro atoms. The summed E-state index contributed by atoms with van der Waals surface area (Å²) in [5.74, 6) is -0.728. The van der Waals surface area contributed by atoms with Crippen molar-refractivity contribution in [2.24, 2.45) is 0 Å². The minimum atomic E-state index is -4.63. The van der Waals surface area contributed by atoms with Crippen molar-refractivity contribution in [3.05, 3.63) is 72.1 Å². The number of alkyl halides is 3. The molecule has 2 aromatic heterocycles. The maximum Gasteiger partial charge on any atom is 0.433 e. The van der Waals surface area contributed by atoms with E-state index in [1.807, 2.05) is 11.2 Å². The Morgan fingerprint density at radius 1 is 1.04 bits per heavy atom. The number of nitrogens with one attached hydrogen (secondary N) is 3. The van der Waals surface area contributed by atoms with E-state index in [1.165, 1.54) is 12.1 Å². The quantitative estimate of drug-likeness (QED) is 0.483. The van der Waals surface area contributed by atoms with Crippen LogP contribution in [0.2, 0.25) is 0 Å². The Hall–Kier alpha value is -3.55. The average Bonchev–Trinajstić information content (AvgIpc) is 3.28. The monoisotopic (exact) mass is 370 g/mol. The number of rotatable bonds is 3. The number of H-pyrrole nitrogens is 2. The van der Waals surface area contributed by atoms with Gasteiger partial charge in [0, 0.05) is 17.3 Å². The third-order valence-corrected chi connectivity index (χ3v) is 4.16. The molecule has 3 N–H and O–H groups in total. The van der Waals surface area contributed by atoms with E-state index in [9.17, 15) is 18.0 Å². The molecule has 4 aromatic rings. The summed E-state index contributed by atoms with van der Waals surface area (Å²) in [5.41, 5.74) is 0.152. The first-order valence-electron chi connectivity index (χ1n) is 8.03. The van der Waals surface area contributed by atoms with Crippen molar-refractivity contribution in [1.29, 1.82) is 0 Å². The maximum absolute atomic E-state index is 13.4. The van der Waals surface area contributed by atoms with Crippen LogP contribution >= 0.6 is 0 Å². The van der Waals surface area contributed by atoms with Gasteiger partial charge in [0.2, 0.25) is 0 Å². The molecule has 136 valence electrons. The van der Waals surface area contributed by atoms with Gasteiger partial charge in [0.05, 0.1) is 5.56 Å². The number of hydrogen-bond acceptors (Lipinski definition) is 2. The number of benzene rings is 2. The number of aromatic amines is 2. The molecule has 0 aliphatic heterocycles. The zero-order chi connectivity index (χ0) is 19.0. The summed E-state index contributed by atoms with van der Waals surface area (Å²) in [5, 5.41) is 9.10. The topological polar surface area (TPSA) is 73.6 Å². The molecule has 1 amide bonds. The number of carbonyl (C=O) groups is 1. The first kappa shape index (κ1) is 16.9. The van der Waals surface area contributed by atoms with Crippen LogP contribution in [-0.4, -0.2) is 21.1 Å². The van der Waals surface area contributed by atoms with Crippen molar-refractivity contribution in [1.82, 2.24) is 15.2 Å². The van der Waals surface area contributed by atoms with E-state index in [2.05, 4.69) is 15.4 Å². The molecule has 0 fully saturated rings. The van der Waals surface area contributed by atoms with Crippen LogP contribution in [0.3, 0.4) is 0 Å². The van der Waals surface area contributed by atoms with Crippen molar-refractivity contribution in [3.8, 4) is 11.1 Å². The molecule has 2 heterocycles. The summed E-state index contributed by atoms with van der Waals surface area (Å²) in [7, 11) is 0. The van der Waals surface area contributed by atoms with Crippen LogP contribution in [0.4, 0.5) is 19.0 Å². The lowest BCUT2D eigenvalue weighted by atomic mass is 10.0. The first-order valence-corrected chi connectivity index (χ1v) is 8.03. The lowest BCUT2D eigenvalue weighted by Gasteiger charge is -2.10. The van der Waals surface area contributed by atoms with E-state index in [0.29, 0.717) is 11.1 Å². The lowest BCUT2D eigenvalue weighted by Crippen LogP contribution is -2.13. The Balaban J connectivity index is 1.73. The molecule has 0 saturated heterocycles. The first-order chi connectivity index (χ1) is 12.9. The van der Waals surface area contributed by atoms with Gasteiger partial charge in [0.1, 0.15) is 5.69 Å². The van der Waals surface area contributed by atoms with E-state index >= 15 is 0 Å². The third kappa shape index (κ3) is 3.17.